The number of rotatable bonds is 74. The zero-order valence-electron chi connectivity index (χ0n) is 61.3. The van der Waals surface area contributed by atoms with Gasteiger partial charge >= 0.3 is 39.5 Å². The van der Waals surface area contributed by atoms with Gasteiger partial charge in [0.15, 0.2) is 12.2 Å². The number of carbonyl (C=O) groups excluding carboxylic acids is 4. The highest BCUT2D eigenvalue weighted by Gasteiger charge is 2.30. The maximum Gasteiger partial charge on any atom is 0.472 e. The van der Waals surface area contributed by atoms with Crippen LogP contribution in [0.2, 0.25) is 0 Å². The average Bonchev–Trinajstić information content (AvgIpc) is 1.55. The van der Waals surface area contributed by atoms with E-state index in [1.54, 1.807) is 0 Å². The maximum absolute atomic E-state index is 13.1. The number of phosphoric ester groups is 2. The van der Waals surface area contributed by atoms with E-state index >= 15 is 0 Å². The van der Waals surface area contributed by atoms with E-state index in [-0.39, 0.29) is 25.7 Å². The van der Waals surface area contributed by atoms with E-state index in [9.17, 15) is 43.2 Å². The molecule has 0 amide bonds. The van der Waals surface area contributed by atoms with Gasteiger partial charge in [-0.15, -0.1) is 0 Å². The van der Waals surface area contributed by atoms with Crippen molar-refractivity contribution in [3.05, 3.63) is 0 Å². The van der Waals surface area contributed by atoms with Crippen molar-refractivity contribution in [2.75, 3.05) is 39.6 Å². The van der Waals surface area contributed by atoms with Crippen molar-refractivity contribution in [3.63, 3.8) is 0 Å². The SMILES string of the molecule is CCCCCCCCCCCCCCCCCC(=O)OC[C@H](COP(=O)(O)OC[C@@H](O)COP(=O)(O)OC[C@@H](COC(=O)CCCCCCCCCCC(C)CC)OC(=O)CCCCCCCCCCCC(C)C)OC(=O)CCCCCCCCCCCCCCCCC. The van der Waals surface area contributed by atoms with Crippen LogP contribution in [-0.2, 0) is 65.4 Å². The van der Waals surface area contributed by atoms with Crippen LogP contribution >= 0.6 is 15.6 Å². The number of unbranched alkanes of at least 4 members (excludes halogenated alkanes) is 43. The second-order valence-corrected chi connectivity index (χ2v) is 30.7. The Hall–Kier alpha value is -1.94. The van der Waals surface area contributed by atoms with Crippen molar-refractivity contribution in [3.8, 4) is 0 Å². The van der Waals surface area contributed by atoms with Gasteiger partial charge in [-0.1, -0.05) is 337 Å². The van der Waals surface area contributed by atoms with Gasteiger partial charge in [-0.3, -0.25) is 37.3 Å². The Bertz CT molecular complexity index is 1820. The van der Waals surface area contributed by atoms with Gasteiger partial charge in [-0.2, -0.15) is 0 Å². The Morgan fingerprint density at radius 3 is 0.809 bits per heavy atom. The third-order valence-corrected chi connectivity index (χ3v) is 19.7. The van der Waals surface area contributed by atoms with E-state index in [0.29, 0.717) is 25.7 Å². The minimum Gasteiger partial charge on any atom is -0.462 e. The third-order valence-electron chi connectivity index (χ3n) is 17.8. The molecule has 0 spiro atoms. The quantitative estimate of drug-likeness (QED) is 0.0222. The molecule has 0 aromatic carbocycles. The molecule has 0 aliphatic rings. The zero-order chi connectivity index (χ0) is 69.3. The van der Waals surface area contributed by atoms with Crippen molar-refractivity contribution < 1.29 is 80.2 Å². The fourth-order valence-electron chi connectivity index (χ4n) is 11.4. The van der Waals surface area contributed by atoms with Gasteiger partial charge in [0.05, 0.1) is 26.4 Å². The summed E-state index contributed by atoms with van der Waals surface area (Å²) in [5.41, 5.74) is 0. The smallest absolute Gasteiger partial charge is 0.462 e. The molecule has 3 unspecified atom stereocenters. The number of esters is 4. The molecule has 17 nitrogen and oxygen atoms in total. The minimum atomic E-state index is -4.96. The Labute approximate surface area is 575 Å². The summed E-state index contributed by atoms with van der Waals surface area (Å²) in [6.45, 7) is 9.58. The molecule has 0 aliphatic carbocycles. The number of hydrogen-bond acceptors (Lipinski definition) is 15. The second kappa shape index (κ2) is 66.9. The predicted molar refractivity (Wildman–Crippen MR) is 381 cm³/mol. The normalized spacial score (nSPS) is 14.3. The highest BCUT2D eigenvalue weighted by molar-refractivity contribution is 7.47. The first kappa shape index (κ1) is 92.1. The number of carbonyl (C=O) groups is 4. The number of aliphatic hydroxyl groups is 1. The molecule has 3 N–H and O–H groups in total. The molecule has 0 rings (SSSR count). The van der Waals surface area contributed by atoms with Crippen LogP contribution in [0.5, 0.6) is 0 Å². The molecule has 0 fully saturated rings. The first-order chi connectivity index (χ1) is 45.4. The van der Waals surface area contributed by atoms with Crippen LogP contribution in [0.15, 0.2) is 0 Å². The Morgan fingerprint density at radius 1 is 0.309 bits per heavy atom. The van der Waals surface area contributed by atoms with Gasteiger partial charge < -0.3 is 33.8 Å². The lowest BCUT2D eigenvalue weighted by Crippen LogP contribution is -2.30. The van der Waals surface area contributed by atoms with E-state index in [0.717, 1.165) is 102 Å². The molecular weight excluding hydrogens is 1230 g/mol. The molecule has 6 atom stereocenters. The van der Waals surface area contributed by atoms with Crippen LogP contribution in [0.3, 0.4) is 0 Å². The predicted octanol–water partition coefficient (Wildman–Crippen LogP) is 21.9. The second-order valence-electron chi connectivity index (χ2n) is 27.8. The number of phosphoric acid groups is 2. The average molecular weight is 1380 g/mol. The lowest BCUT2D eigenvalue weighted by Gasteiger charge is -2.21. The summed E-state index contributed by atoms with van der Waals surface area (Å²) < 4.78 is 68.5. The highest BCUT2D eigenvalue weighted by atomic mass is 31.2. The molecule has 19 heteroatoms. The van der Waals surface area contributed by atoms with Crippen LogP contribution in [0.4, 0.5) is 0 Å². The molecule has 558 valence electrons. The topological polar surface area (TPSA) is 237 Å². The first-order valence-corrected chi connectivity index (χ1v) is 42.0. The van der Waals surface area contributed by atoms with E-state index in [1.165, 1.54) is 205 Å². The molecule has 0 heterocycles. The van der Waals surface area contributed by atoms with Crippen molar-refractivity contribution in [1.82, 2.24) is 0 Å². The fourth-order valence-corrected chi connectivity index (χ4v) is 13.0. The van der Waals surface area contributed by atoms with Crippen LogP contribution in [0, 0.1) is 11.8 Å². The summed E-state index contributed by atoms with van der Waals surface area (Å²) in [4.78, 5) is 72.8. The molecule has 0 aromatic rings. The van der Waals surface area contributed by atoms with Crippen LogP contribution in [-0.4, -0.2) is 96.7 Å². The van der Waals surface area contributed by atoms with Crippen LogP contribution in [0.25, 0.3) is 0 Å². The van der Waals surface area contributed by atoms with E-state index in [1.807, 2.05) is 0 Å². The van der Waals surface area contributed by atoms with Gasteiger partial charge in [0.1, 0.15) is 19.3 Å². The largest absolute Gasteiger partial charge is 0.472 e. The summed E-state index contributed by atoms with van der Waals surface area (Å²) in [5.74, 6) is -0.602. The fraction of sp³-hybridized carbons (Fsp3) is 0.947. The Morgan fingerprint density at radius 2 is 0.543 bits per heavy atom. The van der Waals surface area contributed by atoms with Gasteiger partial charge in [-0.05, 0) is 37.5 Å². The summed E-state index contributed by atoms with van der Waals surface area (Å²) in [6.07, 6.45) is 53.9. The van der Waals surface area contributed by atoms with Gasteiger partial charge in [0.2, 0.25) is 0 Å². The molecule has 0 saturated carbocycles. The molecule has 0 aliphatic heterocycles. The molecule has 0 bridgehead atoms. The maximum atomic E-state index is 13.1. The van der Waals surface area contributed by atoms with Crippen molar-refractivity contribution in [1.29, 1.82) is 0 Å². The lowest BCUT2D eigenvalue weighted by atomic mass is 9.99. The van der Waals surface area contributed by atoms with Crippen LogP contribution < -0.4 is 0 Å². The Balaban J connectivity index is 5.26. The van der Waals surface area contributed by atoms with Crippen molar-refractivity contribution in [2.24, 2.45) is 11.8 Å². The van der Waals surface area contributed by atoms with Gasteiger partial charge in [0, 0.05) is 25.7 Å². The lowest BCUT2D eigenvalue weighted by molar-refractivity contribution is -0.161. The van der Waals surface area contributed by atoms with Gasteiger partial charge in [0.25, 0.3) is 0 Å². The Kier molecular flexibility index (Phi) is 65.5. The monoisotopic (exact) mass is 1380 g/mol. The molecule has 0 saturated heterocycles. The zero-order valence-corrected chi connectivity index (χ0v) is 63.1. The van der Waals surface area contributed by atoms with Gasteiger partial charge in [-0.25, -0.2) is 9.13 Å². The summed E-state index contributed by atoms with van der Waals surface area (Å²) in [5, 5.41) is 10.6. The number of aliphatic hydroxyl groups excluding tert-OH is 1. The first-order valence-electron chi connectivity index (χ1n) is 39.0. The molecule has 94 heavy (non-hydrogen) atoms. The van der Waals surface area contributed by atoms with Crippen LogP contribution in [0.1, 0.15) is 388 Å². The van der Waals surface area contributed by atoms with E-state index < -0.39 is 97.5 Å². The summed E-state index contributed by atoms with van der Waals surface area (Å²) in [6, 6.07) is 0. The molecule has 0 aromatic heterocycles. The molecule has 0 radical (unpaired) electrons. The minimum absolute atomic E-state index is 0.105. The number of ether oxygens (including phenoxy) is 4. The number of hydrogen-bond donors (Lipinski definition) is 3. The van der Waals surface area contributed by atoms with Crippen molar-refractivity contribution >= 4 is 39.5 Å². The summed E-state index contributed by atoms with van der Waals surface area (Å²) in [7, 11) is -9.91. The highest BCUT2D eigenvalue weighted by Crippen LogP contribution is 2.45. The standard InChI is InChI=1S/C75H146O17P2/c1-7-10-12-14-16-18-20-22-24-26-28-32-39-45-51-57-72(77)85-63-70(91-74(79)59-53-47-41-33-29-27-25-23-21-19-17-15-13-11-8-2)65-89-93(81,82)87-61-69(76)62-88-94(83,84)90-66-71(92-75(80)60-54-48-42-34-30-31-37-43-49-55-67(4)5)64-86-73(78)58-52-46-40-36-35-38-44-50-56-68(6)9-3/h67-71,76H,7-66H2,1-6H3,(H,81,82)(H,83,84)/t68?,69-,70-,71-/m1/s1. The van der Waals surface area contributed by atoms with Crippen molar-refractivity contribution in [2.45, 2.75) is 407 Å². The third kappa shape index (κ3) is 67.3. The van der Waals surface area contributed by atoms with E-state index in [2.05, 4.69) is 41.5 Å². The summed E-state index contributed by atoms with van der Waals surface area (Å²) >= 11 is 0. The molecular formula is C75H146O17P2. The van der Waals surface area contributed by atoms with E-state index in [4.69, 9.17) is 37.0 Å².